The minimum absolute atomic E-state index is 0.149. The number of rotatable bonds is 3. The number of amides is 3. The normalized spacial score (nSPS) is 21.3. The molecule has 3 aromatic rings. The van der Waals surface area contributed by atoms with E-state index < -0.39 is 35.5 Å². The second-order valence-corrected chi connectivity index (χ2v) is 8.80. The second kappa shape index (κ2) is 8.27. The summed E-state index contributed by atoms with van der Waals surface area (Å²) in [5.41, 5.74) is -2.42. The first-order chi connectivity index (χ1) is 15.5. The maximum absolute atomic E-state index is 14.3. The monoisotopic (exact) mass is 481 g/mol. The number of urea groups is 1. The van der Waals surface area contributed by atoms with Crippen LogP contribution < -0.4 is 16.0 Å². The summed E-state index contributed by atoms with van der Waals surface area (Å²) in [6.07, 6.45) is -4.89. The molecule has 0 bridgehead atoms. The highest BCUT2D eigenvalue weighted by Gasteiger charge is 2.64. The van der Waals surface area contributed by atoms with Crippen LogP contribution in [0.3, 0.4) is 0 Å². The molecule has 0 saturated carbocycles. The molecular formula is C21H19F4N5O2S. The number of anilines is 2. The van der Waals surface area contributed by atoms with Gasteiger partial charge in [0.05, 0.1) is 10.2 Å². The summed E-state index contributed by atoms with van der Waals surface area (Å²) in [4.78, 5) is 30.2. The second-order valence-electron chi connectivity index (χ2n) is 7.77. The van der Waals surface area contributed by atoms with Gasteiger partial charge in [-0.1, -0.05) is 17.4 Å². The fraction of sp³-hybridized carbons (Fsp3) is 0.286. The summed E-state index contributed by atoms with van der Waals surface area (Å²) in [6.45, 7) is 1.73. The Morgan fingerprint density at radius 1 is 1.21 bits per heavy atom. The van der Waals surface area contributed by atoms with E-state index >= 15 is 0 Å². The Morgan fingerprint density at radius 2 is 1.91 bits per heavy atom. The average Bonchev–Trinajstić information content (AvgIpc) is 3.12. The number of hydrogen-bond donors (Lipinski definition) is 3. The molecule has 0 aliphatic carbocycles. The lowest BCUT2D eigenvalue weighted by atomic mass is 9.84. The van der Waals surface area contributed by atoms with Crippen molar-refractivity contribution in [2.24, 2.45) is 0 Å². The Bertz CT molecular complexity index is 1210. The van der Waals surface area contributed by atoms with Crippen LogP contribution in [0.25, 0.3) is 10.2 Å². The van der Waals surface area contributed by atoms with Crippen molar-refractivity contribution in [2.45, 2.75) is 24.7 Å². The molecule has 174 valence electrons. The van der Waals surface area contributed by atoms with E-state index in [0.29, 0.717) is 15.9 Å². The summed E-state index contributed by atoms with van der Waals surface area (Å²) < 4.78 is 56.2. The van der Waals surface area contributed by atoms with E-state index in [1.54, 1.807) is 6.92 Å². The molecule has 2 atom stereocenters. The Labute approximate surface area is 189 Å². The van der Waals surface area contributed by atoms with E-state index in [9.17, 15) is 27.2 Å². The van der Waals surface area contributed by atoms with Gasteiger partial charge in [-0.15, -0.1) is 0 Å². The zero-order valence-electron chi connectivity index (χ0n) is 17.5. The number of fused-ring (bicyclic) bond motifs is 1. The zero-order chi connectivity index (χ0) is 24.0. The van der Waals surface area contributed by atoms with Crippen LogP contribution >= 0.6 is 11.3 Å². The number of hydrogen-bond acceptors (Lipinski definition) is 5. The van der Waals surface area contributed by atoms with Crippen LogP contribution in [0.1, 0.15) is 12.5 Å². The minimum atomic E-state index is -4.89. The molecule has 0 radical (unpaired) electrons. The molecule has 2 heterocycles. The third kappa shape index (κ3) is 4.23. The lowest BCUT2D eigenvalue weighted by molar-refractivity contribution is -0.216. The van der Waals surface area contributed by atoms with Gasteiger partial charge in [0.2, 0.25) is 5.54 Å². The number of likely N-dealkylation sites (N-methyl/N-ethyl adjacent to an activating group) is 1. The van der Waals surface area contributed by atoms with E-state index in [0.717, 1.165) is 16.2 Å². The Hall–Kier alpha value is -3.25. The summed E-state index contributed by atoms with van der Waals surface area (Å²) in [5.74, 6) is -1.54. The van der Waals surface area contributed by atoms with Gasteiger partial charge in [-0.3, -0.25) is 15.4 Å². The van der Waals surface area contributed by atoms with Crippen LogP contribution in [0, 0.1) is 5.82 Å². The number of thiazole rings is 1. The van der Waals surface area contributed by atoms with Crippen LogP contribution in [0.4, 0.5) is 33.2 Å². The number of halogens is 4. The number of benzene rings is 2. The third-order valence-corrected chi connectivity index (χ3v) is 6.18. The predicted molar refractivity (Wildman–Crippen MR) is 117 cm³/mol. The molecule has 1 aliphatic heterocycles. The fourth-order valence-corrected chi connectivity index (χ4v) is 4.73. The van der Waals surface area contributed by atoms with Crippen LogP contribution in [0.2, 0.25) is 0 Å². The first-order valence-electron chi connectivity index (χ1n) is 9.84. The Morgan fingerprint density at radius 3 is 2.58 bits per heavy atom. The van der Waals surface area contributed by atoms with Gasteiger partial charge in [0.25, 0.3) is 5.91 Å². The molecule has 1 fully saturated rings. The average molecular weight is 481 g/mol. The Kier molecular flexibility index (Phi) is 5.74. The first-order valence-corrected chi connectivity index (χ1v) is 10.7. The molecule has 3 amide bonds. The van der Waals surface area contributed by atoms with Gasteiger partial charge < -0.3 is 10.2 Å². The molecular weight excluding hydrogens is 462 g/mol. The maximum atomic E-state index is 14.3. The highest BCUT2D eigenvalue weighted by Crippen LogP contribution is 2.43. The zero-order valence-corrected chi connectivity index (χ0v) is 18.3. The number of carbonyl (C=O) groups excluding carboxylic acids is 2. The molecule has 0 unspecified atom stereocenters. The number of carbonyl (C=O) groups is 2. The molecule has 4 rings (SSSR count). The highest BCUT2D eigenvalue weighted by molar-refractivity contribution is 7.22. The van der Waals surface area contributed by atoms with Crippen molar-refractivity contribution in [3.05, 3.63) is 53.8 Å². The number of alkyl halides is 3. The van der Waals surface area contributed by atoms with Crippen LogP contribution in [-0.2, 0) is 10.3 Å². The van der Waals surface area contributed by atoms with E-state index in [2.05, 4.69) is 20.9 Å². The number of piperazine rings is 1. The van der Waals surface area contributed by atoms with E-state index in [1.165, 1.54) is 49.5 Å². The van der Waals surface area contributed by atoms with Crippen molar-refractivity contribution in [2.75, 3.05) is 24.2 Å². The number of nitrogens with zero attached hydrogens (tertiary/aromatic N) is 2. The van der Waals surface area contributed by atoms with Gasteiger partial charge in [0.1, 0.15) is 5.82 Å². The fourth-order valence-electron chi connectivity index (χ4n) is 3.83. The molecule has 2 aromatic carbocycles. The van der Waals surface area contributed by atoms with Gasteiger partial charge in [-0.05, 0) is 48.9 Å². The SMILES string of the molecule is C[C@@H]1CN(C)C(=O)[C@](c2ccc3nc(NC(=O)Nc4ccc(F)cc4)sc3c2)(C(F)(F)F)N1. The third-order valence-electron chi connectivity index (χ3n) is 5.25. The van der Waals surface area contributed by atoms with Crippen molar-refractivity contribution >= 4 is 44.3 Å². The standard InChI is InChI=1S/C21H19F4N5O2S/c1-11-10-30(2)17(31)20(29-11,21(23,24)25)12-3-8-15-16(9-12)33-19(27-15)28-18(32)26-14-6-4-13(22)5-7-14/h3-9,11,29H,10H2,1-2H3,(H2,26,27,28,32)/t11-,20-/m1/s1. The maximum Gasteiger partial charge on any atom is 0.419 e. The van der Waals surface area contributed by atoms with Crippen molar-refractivity contribution in [1.82, 2.24) is 15.2 Å². The molecule has 7 nitrogen and oxygen atoms in total. The molecule has 1 aromatic heterocycles. The summed E-state index contributed by atoms with van der Waals surface area (Å²) in [6, 6.07) is 7.76. The Balaban J connectivity index is 1.63. The van der Waals surface area contributed by atoms with Crippen LogP contribution in [0.5, 0.6) is 0 Å². The number of aromatic nitrogens is 1. The molecule has 1 aliphatic rings. The van der Waals surface area contributed by atoms with Gasteiger partial charge in [-0.25, -0.2) is 14.2 Å². The molecule has 1 saturated heterocycles. The van der Waals surface area contributed by atoms with Crippen molar-refractivity contribution in [1.29, 1.82) is 0 Å². The van der Waals surface area contributed by atoms with Crippen LogP contribution in [-0.4, -0.2) is 47.6 Å². The van der Waals surface area contributed by atoms with E-state index in [-0.39, 0.29) is 17.2 Å². The minimum Gasteiger partial charge on any atom is -0.342 e. The van der Waals surface area contributed by atoms with Crippen molar-refractivity contribution < 1.29 is 27.2 Å². The molecule has 12 heteroatoms. The quantitative estimate of drug-likeness (QED) is 0.488. The topological polar surface area (TPSA) is 86.4 Å². The largest absolute Gasteiger partial charge is 0.419 e. The molecule has 0 spiro atoms. The van der Waals surface area contributed by atoms with E-state index in [1.807, 2.05) is 0 Å². The van der Waals surface area contributed by atoms with Crippen LogP contribution in [0.15, 0.2) is 42.5 Å². The van der Waals surface area contributed by atoms with Gasteiger partial charge in [0, 0.05) is 25.3 Å². The summed E-state index contributed by atoms with van der Waals surface area (Å²) in [7, 11) is 1.34. The lowest BCUT2D eigenvalue weighted by Gasteiger charge is -2.45. The van der Waals surface area contributed by atoms with Crippen molar-refractivity contribution in [3.8, 4) is 0 Å². The van der Waals surface area contributed by atoms with Gasteiger partial charge in [0.15, 0.2) is 5.13 Å². The van der Waals surface area contributed by atoms with Gasteiger partial charge >= 0.3 is 12.2 Å². The lowest BCUT2D eigenvalue weighted by Crippen LogP contribution is -2.70. The highest BCUT2D eigenvalue weighted by atomic mass is 32.1. The van der Waals surface area contributed by atoms with Gasteiger partial charge in [-0.2, -0.15) is 13.2 Å². The predicted octanol–water partition coefficient (Wildman–Crippen LogP) is 4.29. The molecule has 33 heavy (non-hydrogen) atoms. The first kappa shape index (κ1) is 22.9. The summed E-state index contributed by atoms with van der Waals surface area (Å²) >= 11 is 0.966. The molecule has 3 N–H and O–H groups in total. The number of nitrogens with one attached hydrogen (secondary N) is 3. The van der Waals surface area contributed by atoms with E-state index in [4.69, 9.17) is 0 Å². The smallest absolute Gasteiger partial charge is 0.342 e. The van der Waals surface area contributed by atoms with Crippen molar-refractivity contribution in [3.63, 3.8) is 0 Å². The summed E-state index contributed by atoms with van der Waals surface area (Å²) in [5, 5.41) is 7.63.